The predicted octanol–water partition coefficient (Wildman–Crippen LogP) is 3.84. The highest BCUT2D eigenvalue weighted by Crippen LogP contribution is 2.36. The molecule has 0 aliphatic heterocycles. The van der Waals surface area contributed by atoms with E-state index in [0.717, 1.165) is 27.0 Å². The van der Waals surface area contributed by atoms with Gasteiger partial charge in [-0.05, 0) is 57.0 Å². The molecule has 0 aromatic heterocycles. The van der Waals surface area contributed by atoms with Crippen molar-refractivity contribution in [1.82, 2.24) is 5.32 Å². The van der Waals surface area contributed by atoms with Gasteiger partial charge < -0.3 is 14.8 Å². The average molecular weight is 381 g/mol. The summed E-state index contributed by atoms with van der Waals surface area (Å²) in [6.07, 6.45) is 0.131. The summed E-state index contributed by atoms with van der Waals surface area (Å²) in [5.41, 5.74) is 0. The molecule has 1 N–H and O–H groups in total. The van der Waals surface area contributed by atoms with Crippen LogP contribution in [0.2, 0.25) is 0 Å². The van der Waals surface area contributed by atoms with Crippen LogP contribution in [0.1, 0.15) is 13.8 Å². The standard InChI is InChI=1S/C13H19Br2NO2/c1-8(2)13(7-16-3)18-12-6-9(14)11(17-4)5-10(12)15/h5-6,8,13,16H,7H2,1-4H3. The summed E-state index contributed by atoms with van der Waals surface area (Å²) in [4.78, 5) is 0. The van der Waals surface area contributed by atoms with Gasteiger partial charge in [0.1, 0.15) is 17.6 Å². The normalized spacial score (nSPS) is 12.6. The van der Waals surface area contributed by atoms with Crippen molar-refractivity contribution in [2.45, 2.75) is 20.0 Å². The molecule has 0 saturated carbocycles. The van der Waals surface area contributed by atoms with Crippen molar-refractivity contribution >= 4 is 31.9 Å². The van der Waals surface area contributed by atoms with Gasteiger partial charge in [0, 0.05) is 6.54 Å². The lowest BCUT2D eigenvalue weighted by molar-refractivity contribution is 0.150. The molecule has 0 aliphatic carbocycles. The lowest BCUT2D eigenvalue weighted by Crippen LogP contribution is -2.33. The van der Waals surface area contributed by atoms with E-state index >= 15 is 0 Å². The third-order valence-corrected chi connectivity index (χ3v) is 3.87. The molecule has 1 atom stereocenters. The summed E-state index contributed by atoms with van der Waals surface area (Å²) >= 11 is 6.97. The van der Waals surface area contributed by atoms with E-state index in [2.05, 4.69) is 51.0 Å². The van der Waals surface area contributed by atoms with E-state index in [1.54, 1.807) is 7.11 Å². The maximum Gasteiger partial charge on any atom is 0.135 e. The van der Waals surface area contributed by atoms with E-state index < -0.39 is 0 Å². The van der Waals surface area contributed by atoms with Crippen LogP contribution in [0.5, 0.6) is 11.5 Å². The summed E-state index contributed by atoms with van der Waals surface area (Å²) in [6.45, 7) is 5.11. The number of hydrogen-bond donors (Lipinski definition) is 1. The molecule has 3 nitrogen and oxygen atoms in total. The minimum absolute atomic E-state index is 0.131. The van der Waals surface area contributed by atoms with E-state index in [9.17, 15) is 0 Å². The SMILES string of the molecule is CNCC(Oc1cc(Br)c(OC)cc1Br)C(C)C. The van der Waals surface area contributed by atoms with E-state index in [1.807, 2.05) is 19.2 Å². The van der Waals surface area contributed by atoms with Gasteiger partial charge in [-0.25, -0.2) is 0 Å². The van der Waals surface area contributed by atoms with Crippen LogP contribution in [0.15, 0.2) is 21.1 Å². The number of hydrogen-bond acceptors (Lipinski definition) is 3. The molecule has 0 spiro atoms. The molecule has 0 amide bonds. The summed E-state index contributed by atoms with van der Waals surface area (Å²) in [5, 5.41) is 3.15. The molecule has 0 bridgehead atoms. The number of methoxy groups -OCH3 is 1. The highest BCUT2D eigenvalue weighted by Gasteiger charge is 2.17. The molecule has 1 unspecified atom stereocenters. The first-order valence-electron chi connectivity index (χ1n) is 5.83. The van der Waals surface area contributed by atoms with Crippen LogP contribution >= 0.6 is 31.9 Å². The summed E-state index contributed by atoms with van der Waals surface area (Å²) < 4.78 is 13.0. The summed E-state index contributed by atoms with van der Waals surface area (Å²) in [7, 11) is 3.57. The third-order valence-electron chi connectivity index (χ3n) is 2.63. The smallest absolute Gasteiger partial charge is 0.135 e. The number of likely N-dealkylation sites (N-methyl/N-ethyl adjacent to an activating group) is 1. The summed E-state index contributed by atoms with van der Waals surface area (Å²) in [5.74, 6) is 2.03. The van der Waals surface area contributed by atoms with E-state index in [-0.39, 0.29) is 6.10 Å². The Hall–Kier alpha value is -0.260. The quantitative estimate of drug-likeness (QED) is 0.813. The number of ether oxygens (including phenoxy) is 2. The van der Waals surface area contributed by atoms with Gasteiger partial charge >= 0.3 is 0 Å². The van der Waals surface area contributed by atoms with Crippen molar-refractivity contribution in [2.75, 3.05) is 20.7 Å². The molecule has 0 radical (unpaired) electrons. The molecule has 0 saturated heterocycles. The number of rotatable bonds is 6. The van der Waals surface area contributed by atoms with Crippen molar-refractivity contribution in [2.24, 2.45) is 5.92 Å². The second-order valence-electron chi connectivity index (χ2n) is 4.38. The molecular formula is C13H19Br2NO2. The van der Waals surface area contributed by atoms with Crippen molar-refractivity contribution in [3.05, 3.63) is 21.1 Å². The van der Waals surface area contributed by atoms with Gasteiger partial charge in [-0.15, -0.1) is 0 Å². The van der Waals surface area contributed by atoms with Crippen LogP contribution in [0.25, 0.3) is 0 Å². The first-order chi connectivity index (χ1) is 8.49. The average Bonchev–Trinajstić information content (AvgIpc) is 2.32. The van der Waals surface area contributed by atoms with Gasteiger partial charge in [-0.1, -0.05) is 13.8 Å². The summed E-state index contributed by atoms with van der Waals surface area (Å²) in [6, 6.07) is 3.82. The Morgan fingerprint density at radius 2 is 1.72 bits per heavy atom. The third kappa shape index (κ3) is 4.14. The molecule has 0 aliphatic rings. The maximum atomic E-state index is 6.03. The number of benzene rings is 1. The number of nitrogens with one attached hydrogen (secondary N) is 1. The van der Waals surface area contributed by atoms with Crippen molar-refractivity contribution in [3.8, 4) is 11.5 Å². The Kier molecular flexibility index (Phi) is 6.46. The molecule has 0 heterocycles. The zero-order valence-electron chi connectivity index (χ0n) is 11.1. The highest BCUT2D eigenvalue weighted by molar-refractivity contribution is 9.11. The molecule has 1 aromatic rings. The first-order valence-corrected chi connectivity index (χ1v) is 7.42. The Morgan fingerprint density at radius 1 is 1.17 bits per heavy atom. The van der Waals surface area contributed by atoms with Crippen LogP contribution in [-0.2, 0) is 0 Å². The fourth-order valence-electron chi connectivity index (χ4n) is 1.53. The molecule has 18 heavy (non-hydrogen) atoms. The molecule has 5 heteroatoms. The van der Waals surface area contributed by atoms with Crippen LogP contribution in [0.4, 0.5) is 0 Å². The van der Waals surface area contributed by atoms with Crippen molar-refractivity contribution in [3.63, 3.8) is 0 Å². The Balaban J connectivity index is 2.92. The molecule has 1 rings (SSSR count). The Bertz CT molecular complexity index is 397. The van der Waals surface area contributed by atoms with Gasteiger partial charge in [0.2, 0.25) is 0 Å². The molecular weight excluding hydrogens is 362 g/mol. The van der Waals surface area contributed by atoms with E-state index in [4.69, 9.17) is 9.47 Å². The van der Waals surface area contributed by atoms with Crippen molar-refractivity contribution < 1.29 is 9.47 Å². The number of halogens is 2. The zero-order chi connectivity index (χ0) is 13.7. The Labute approximate surface area is 125 Å². The van der Waals surface area contributed by atoms with E-state index in [0.29, 0.717) is 5.92 Å². The lowest BCUT2D eigenvalue weighted by atomic mass is 10.1. The minimum atomic E-state index is 0.131. The first kappa shape index (κ1) is 15.8. The van der Waals surface area contributed by atoms with Gasteiger partial charge in [-0.3, -0.25) is 0 Å². The van der Waals surface area contributed by atoms with Gasteiger partial charge in [0.15, 0.2) is 0 Å². The largest absolute Gasteiger partial charge is 0.496 e. The van der Waals surface area contributed by atoms with Crippen LogP contribution in [-0.4, -0.2) is 26.8 Å². The molecule has 0 fully saturated rings. The lowest BCUT2D eigenvalue weighted by Gasteiger charge is -2.23. The highest BCUT2D eigenvalue weighted by atomic mass is 79.9. The second-order valence-corrected chi connectivity index (χ2v) is 6.08. The van der Waals surface area contributed by atoms with Crippen LogP contribution < -0.4 is 14.8 Å². The van der Waals surface area contributed by atoms with Gasteiger partial charge in [0.25, 0.3) is 0 Å². The minimum Gasteiger partial charge on any atom is -0.496 e. The molecule has 102 valence electrons. The zero-order valence-corrected chi connectivity index (χ0v) is 14.3. The van der Waals surface area contributed by atoms with Crippen LogP contribution in [0.3, 0.4) is 0 Å². The van der Waals surface area contributed by atoms with Crippen molar-refractivity contribution in [1.29, 1.82) is 0 Å². The fraction of sp³-hybridized carbons (Fsp3) is 0.538. The monoisotopic (exact) mass is 379 g/mol. The molecule has 1 aromatic carbocycles. The van der Waals surface area contributed by atoms with Gasteiger partial charge in [-0.2, -0.15) is 0 Å². The maximum absolute atomic E-state index is 6.03. The predicted molar refractivity (Wildman–Crippen MR) is 81.6 cm³/mol. The Morgan fingerprint density at radius 3 is 2.22 bits per heavy atom. The second kappa shape index (κ2) is 7.36. The topological polar surface area (TPSA) is 30.5 Å². The van der Waals surface area contributed by atoms with Gasteiger partial charge in [0.05, 0.1) is 16.1 Å². The van der Waals surface area contributed by atoms with Crippen LogP contribution in [0, 0.1) is 5.92 Å². The van der Waals surface area contributed by atoms with E-state index in [1.165, 1.54) is 0 Å². The fourth-order valence-corrected chi connectivity index (χ4v) is 2.43.